The zero-order valence-corrected chi connectivity index (χ0v) is 16.7. The van der Waals surface area contributed by atoms with Gasteiger partial charge in [0.05, 0.1) is 34.0 Å². The molecule has 1 heterocycles. The lowest BCUT2D eigenvalue weighted by molar-refractivity contribution is 0.0756. The van der Waals surface area contributed by atoms with Gasteiger partial charge in [0.2, 0.25) is 0 Å². The fraction of sp³-hybridized carbons (Fsp3) is 0.350. The Labute approximate surface area is 163 Å². The third-order valence-electron chi connectivity index (χ3n) is 4.50. The second-order valence-corrected chi connectivity index (χ2v) is 7.08. The fourth-order valence-corrected chi connectivity index (χ4v) is 4.37. The molecule has 0 radical (unpaired) electrons. The van der Waals surface area contributed by atoms with Crippen molar-refractivity contribution >= 4 is 17.7 Å². The Kier molecular flexibility index (Phi) is 6.01. The van der Waals surface area contributed by atoms with Gasteiger partial charge in [0.15, 0.2) is 0 Å². The standard InChI is InChI=1S/C20H23NO5S/c1-23-13-5-7-15(17(11-13)25-3)19(22)21-9-10-27-20(21)16-8-6-14(24-2)12-18(16)26-4/h5-8,11-12,20H,9-10H2,1-4H3. The van der Waals surface area contributed by atoms with Gasteiger partial charge in [-0.1, -0.05) is 0 Å². The smallest absolute Gasteiger partial charge is 0.258 e. The van der Waals surface area contributed by atoms with Crippen LogP contribution in [0, 0.1) is 0 Å². The number of methoxy groups -OCH3 is 4. The minimum absolute atomic E-state index is 0.0811. The van der Waals surface area contributed by atoms with E-state index in [4.69, 9.17) is 18.9 Å². The molecular weight excluding hydrogens is 366 g/mol. The maximum atomic E-state index is 13.3. The molecule has 6 nitrogen and oxygen atoms in total. The first-order valence-corrected chi connectivity index (χ1v) is 9.54. The van der Waals surface area contributed by atoms with E-state index in [9.17, 15) is 4.79 Å². The van der Waals surface area contributed by atoms with Crippen molar-refractivity contribution in [3.05, 3.63) is 47.5 Å². The SMILES string of the molecule is COc1ccc(C(=O)N2CCSC2c2ccc(OC)cc2OC)c(OC)c1. The predicted octanol–water partition coefficient (Wildman–Crippen LogP) is 3.61. The van der Waals surface area contributed by atoms with E-state index in [0.717, 1.165) is 11.3 Å². The van der Waals surface area contributed by atoms with E-state index in [0.29, 0.717) is 35.1 Å². The number of benzene rings is 2. The van der Waals surface area contributed by atoms with Gasteiger partial charge in [0, 0.05) is 30.0 Å². The molecule has 1 aliphatic heterocycles. The van der Waals surface area contributed by atoms with Gasteiger partial charge in [-0.3, -0.25) is 4.79 Å². The topological polar surface area (TPSA) is 57.2 Å². The number of carbonyl (C=O) groups is 1. The van der Waals surface area contributed by atoms with Gasteiger partial charge < -0.3 is 23.8 Å². The molecule has 144 valence electrons. The van der Waals surface area contributed by atoms with E-state index in [2.05, 4.69) is 0 Å². The van der Waals surface area contributed by atoms with Crippen LogP contribution in [0.3, 0.4) is 0 Å². The van der Waals surface area contributed by atoms with Gasteiger partial charge in [-0.2, -0.15) is 0 Å². The normalized spacial score (nSPS) is 16.1. The molecule has 0 aliphatic carbocycles. The van der Waals surface area contributed by atoms with Gasteiger partial charge in [-0.15, -0.1) is 11.8 Å². The number of amides is 1. The molecule has 2 aromatic carbocycles. The van der Waals surface area contributed by atoms with E-state index < -0.39 is 0 Å². The zero-order valence-electron chi connectivity index (χ0n) is 15.9. The number of nitrogens with zero attached hydrogens (tertiary/aromatic N) is 1. The van der Waals surface area contributed by atoms with Crippen LogP contribution in [0.15, 0.2) is 36.4 Å². The average Bonchev–Trinajstić information content (AvgIpc) is 3.21. The van der Waals surface area contributed by atoms with Crippen molar-refractivity contribution in [2.75, 3.05) is 40.7 Å². The molecule has 1 unspecified atom stereocenters. The lowest BCUT2D eigenvalue weighted by Crippen LogP contribution is -2.31. The van der Waals surface area contributed by atoms with Crippen LogP contribution < -0.4 is 18.9 Å². The van der Waals surface area contributed by atoms with Gasteiger partial charge in [0.1, 0.15) is 28.4 Å². The highest BCUT2D eigenvalue weighted by Gasteiger charge is 2.34. The summed E-state index contributed by atoms with van der Waals surface area (Å²) in [6.07, 6.45) is 0. The predicted molar refractivity (Wildman–Crippen MR) is 105 cm³/mol. The summed E-state index contributed by atoms with van der Waals surface area (Å²) in [7, 11) is 6.37. The third kappa shape index (κ3) is 3.78. The van der Waals surface area contributed by atoms with Crippen molar-refractivity contribution in [2.24, 2.45) is 0 Å². The molecule has 2 aromatic rings. The summed E-state index contributed by atoms with van der Waals surface area (Å²) >= 11 is 1.71. The highest BCUT2D eigenvalue weighted by molar-refractivity contribution is 7.99. The van der Waals surface area contributed by atoms with Crippen molar-refractivity contribution in [3.63, 3.8) is 0 Å². The molecule has 1 fully saturated rings. The van der Waals surface area contributed by atoms with Gasteiger partial charge in [-0.25, -0.2) is 0 Å². The van der Waals surface area contributed by atoms with E-state index in [1.807, 2.05) is 23.1 Å². The van der Waals surface area contributed by atoms with Crippen LogP contribution in [-0.2, 0) is 0 Å². The minimum Gasteiger partial charge on any atom is -0.497 e. The Morgan fingerprint density at radius 3 is 2.19 bits per heavy atom. The first-order chi connectivity index (χ1) is 13.1. The molecular formula is C20H23NO5S. The second-order valence-electron chi connectivity index (χ2n) is 5.90. The van der Waals surface area contributed by atoms with Crippen molar-refractivity contribution in [3.8, 4) is 23.0 Å². The van der Waals surface area contributed by atoms with E-state index in [-0.39, 0.29) is 11.3 Å². The van der Waals surface area contributed by atoms with Crippen molar-refractivity contribution in [2.45, 2.75) is 5.37 Å². The maximum absolute atomic E-state index is 13.3. The highest BCUT2D eigenvalue weighted by atomic mass is 32.2. The van der Waals surface area contributed by atoms with Crippen LogP contribution in [0.4, 0.5) is 0 Å². The molecule has 3 rings (SSSR count). The van der Waals surface area contributed by atoms with Gasteiger partial charge in [-0.05, 0) is 24.3 Å². The zero-order chi connectivity index (χ0) is 19.4. The summed E-state index contributed by atoms with van der Waals surface area (Å²) in [5, 5.41) is -0.134. The molecule has 7 heteroatoms. The molecule has 0 spiro atoms. The van der Waals surface area contributed by atoms with Gasteiger partial charge >= 0.3 is 0 Å². The van der Waals surface area contributed by atoms with E-state index in [1.165, 1.54) is 0 Å². The number of ether oxygens (including phenoxy) is 4. The molecule has 27 heavy (non-hydrogen) atoms. The Balaban J connectivity index is 1.94. The highest BCUT2D eigenvalue weighted by Crippen LogP contribution is 2.44. The Morgan fingerprint density at radius 1 is 0.926 bits per heavy atom. The Morgan fingerprint density at radius 2 is 1.56 bits per heavy atom. The summed E-state index contributed by atoms with van der Waals surface area (Å²) in [4.78, 5) is 15.1. The minimum atomic E-state index is -0.134. The van der Waals surface area contributed by atoms with E-state index >= 15 is 0 Å². The summed E-state index contributed by atoms with van der Waals surface area (Å²) < 4.78 is 21.4. The Hall–Kier alpha value is -2.54. The molecule has 1 atom stereocenters. The first kappa shape index (κ1) is 19.2. The lowest BCUT2D eigenvalue weighted by atomic mass is 10.1. The van der Waals surface area contributed by atoms with E-state index in [1.54, 1.807) is 58.4 Å². The first-order valence-electron chi connectivity index (χ1n) is 8.49. The quantitative estimate of drug-likeness (QED) is 0.752. The molecule has 0 saturated carbocycles. The van der Waals surface area contributed by atoms with Crippen molar-refractivity contribution in [1.29, 1.82) is 0 Å². The maximum Gasteiger partial charge on any atom is 0.258 e. The summed E-state index contributed by atoms with van der Waals surface area (Å²) in [6, 6.07) is 10.9. The number of rotatable bonds is 6. The van der Waals surface area contributed by atoms with Crippen LogP contribution in [0.5, 0.6) is 23.0 Å². The van der Waals surface area contributed by atoms with Crippen LogP contribution >= 0.6 is 11.8 Å². The van der Waals surface area contributed by atoms with Crippen LogP contribution in [-0.4, -0.2) is 51.5 Å². The van der Waals surface area contributed by atoms with Crippen LogP contribution in [0.25, 0.3) is 0 Å². The number of thioether (sulfide) groups is 1. The van der Waals surface area contributed by atoms with Crippen LogP contribution in [0.1, 0.15) is 21.3 Å². The Bertz CT molecular complexity index is 826. The molecule has 0 aromatic heterocycles. The largest absolute Gasteiger partial charge is 0.497 e. The second kappa shape index (κ2) is 8.43. The molecule has 0 N–H and O–H groups in total. The van der Waals surface area contributed by atoms with Gasteiger partial charge in [0.25, 0.3) is 5.91 Å². The van der Waals surface area contributed by atoms with Crippen molar-refractivity contribution in [1.82, 2.24) is 4.90 Å². The van der Waals surface area contributed by atoms with Crippen LogP contribution in [0.2, 0.25) is 0 Å². The van der Waals surface area contributed by atoms with Crippen molar-refractivity contribution < 1.29 is 23.7 Å². The fourth-order valence-electron chi connectivity index (χ4n) is 3.09. The summed E-state index contributed by atoms with van der Waals surface area (Å²) in [6.45, 7) is 0.651. The monoisotopic (exact) mass is 389 g/mol. The summed E-state index contributed by atoms with van der Waals surface area (Å²) in [5.41, 5.74) is 1.46. The molecule has 1 saturated heterocycles. The lowest BCUT2D eigenvalue weighted by Gasteiger charge is -2.26. The molecule has 1 aliphatic rings. The number of carbonyl (C=O) groups excluding carboxylic acids is 1. The molecule has 0 bridgehead atoms. The summed E-state index contributed by atoms with van der Waals surface area (Å²) in [5.74, 6) is 3.33. The number of hydrogen-bond acceptors (Lipinski definition) is 6. The average molecular weight is 389 g/mol. The molecule has 1 amide bonds. The number of hydrogen-bond donors (Lipinski definition) is 0. The third-order valence-corrected chi connectivity index (χ3v) is 5.74.